The molecule has 0 bridgehead atoms. The highest BCUT2D eigenvalue weighted by Gasteiger charge is 2.17. The van der Waals surface area contributed by atoms with E-state index in [1.165, 1.54) is 18.4 Å². The average molecular weight is 324 g/mol. The lowest BCUT2D eigenvalue weighted by Gasteiger charge is -2.07. The molecule has 0 spiro atoms. The number of carbonyl (C=O) groups excluding carboxylic acids is 1. The Morgan fingerprint density at radius 3 is 2.35 bits per heavy atom. The van der Waals surface area contributed by atoms with Crippen LogP contribution >= 0.6 is 11.3 Å². The molecule has 4 nitrogen and oxygen atoms in total. The van der Waals surface area contributed by atoms with Crippen molar-refractivity contribution in [1.82, 2.24) is 0 Å². The van der Waals surface area contributed by atoms with Gasteiger partial charge in [-0.25, -0.2) is 4.79 Å². The number of esters is 1. The molecule has 0 saturated carbocycles. The predicted molar refractivity (Wildman–Crippen MR) is 91.5 cm³/mol. The third kappa shape index (κ3) is 2.01. The van der Waals surface area contributed by atoms with E-state index < -0.39 is 5.97 Å². The molecule has 0 unspecified atom stereocenters. The predicted octanol–water partition coefficient (Wildman–Crippen LogP) is 4.41. The molecule has 23 heavy (non-hydrogen) atoms. The molecule has 0 aliphatic carbocycles. The second-order valence-electron chi connectivity index (χ2n) is 5.30. The van der Waals surface area contributed by atoms with Gasteiger partial charge in [-0.05, 0) is 41.8 Å². The van der Waals surface area contributed by atoms with Gasteiger partial charge in [0.25, 0.3) is 0 Å². The molecule has 0 fully saturated rings. The maximum atomic E-state index is 12.1. The van der Waals surface area contributed by atoms with Gasteiger partial charge in [0.2, 0.25) is 0 Å². The fourth-order valence-electron chi connectivity index (χ4n) is 2.94. The first kappa shape index (κ1) is 13.8. The molecule has 0 aliphatic heterocycles. The highest BCUT2D eigenvalue weighted by Crippen LogP contribution is 2.41. The van der Waals surface area contributed by atoms with Crippen molar-refractivity contribution in [3.05, 3.63) is 48.0 Å². The van der Waals surface area contributed by atoms with E-state index in [0.29, 0.717) is 10.9 Å². The van der Waals surface area contributed by atoms with Crippen LogP contribution < -0.4 is 0 Å². The van der Waals surface area contributed by atoms with E-state index in [1.807, 2.05) is 6.07 Å². The number of hydrogen-bond donors (Lipinski definition) is 2. The van der Waals surface area contributed by atoms with Gasteiger partial charge in [0.15, 0.2) is 0 Å². The second kappa shape index (κ2) is 4.86. The molecule has 0 atom stereocenters. The zero-order chi connectivity index (χ0) is 16.1. The summed E-state index contributed by atoms with van der Waals surface area (Å²) in [6.07, 6.45) is 0. The van der Waals surface area contributed by atoms with E-state index in [1.54, 1.807) is 36.4 Å². The lowest BCUT2D eigenvalue weighted by molar-refractivity contribution is 0.0603. The molecule has 4 aromatic rings. The summed E-state index contributed by atoms with van der Waals surface area (Å²) in [6.45, 7) is 0. The van der Waals surface area contributed by atoms with E-state index in [0.717, 1.165) is 25.6 Å². The van der Waals surface area contributed by atoms with Crippen molar-refractivity contribution in [2.75, 3.05) is 7.11 Å². The molecule has 0 aliphatic rings. The Morgan fingerprint density at radius 1 is 0.913 bits per heavy atom. The van der Waals surface area contributed by atoms with Crippen LogP contribution in [-0.4, -0.2) is 23.3 Å². The number of benzene rings is 3. The summed E-state index contributed by atoms with van der Waals surface area (Å²) in [5.41, 5.74) is 0.418. The summed E-state index contributed by atoms with van der Waals surface area (Å²) in [5.74, 6) is -0.138. The number of methoxy groups -OCH3 is 1. The van der Waals surface area contributed by atoms with Gasteiger partial charge in [0.05, 0.1) is 12.7 Å². The maximum Gasteiger partial charge on any atom is 0.338 e. The number of hydrogen-bond acceptors (Lipinski definition) is 5. The third-order valence-corrected chi connectivity index (χ3v) is 5.04. The van der Waals surface area contributed by atoms with Crippen molar-refractivity contribution in [1.29, 1.82) is 0 Å². The Kier molecular flexibility index (Phi) is 2.92. The summed E-state index contributed by atoms with van der Waals surface area (Å²) in [5, 5.41) is 23.0. The van der Waals surface area contributed by atoms with Crippen molar-refractivity contribution in [2.24, 2.45) is 0 Å². The first-order valence-corrected chi connectivity index (χ1v) is 7.79. The third-order valence-electron chi connectivity index (χ3n) is 3.94. The smallest absolute Gasteiger partial charge is 0.338 e. The van der Waals surface area contributed by atoms with Crippen LogP contribution in [0.25, 0.3) is 30.9 Å². The number of phenols is 2. The average Bonchev–Trinajstić information content (AvgIpc) is 2.90. The molecule has 0 radical (unpaired) electrons. The number of carbonyl (C=O) groups is 1. The van der Waals surface area contributed by atoms with Crippen LogP contribution in [0.2, 0.25) is 0 Å². The van der Waals surface area contributed by atoms with E-state index in [-0.39, 0.29) is 11.5 Å². The highest BCUT2D eigenvalue weighted by atomic mass is 32.1. The molecule has 4 rings (SSSR count). The molecular formula is C18H12O4S. The molecule has 1 heterocycles. The molecule has 0 amide bonds. The first-order valence-electron chi connectivity index (χ1n) is 6.98. The van der Waals surface area contributed by atoms with Crippen molar-refractivity contribution in [2.45, 2.75) is 0 Å². The monoisotopic (exact) mass is 324 g/mol. The molecule has 2 N–H and O–H groups in total. The summed E-state index contributed by atoms with van der Waals surface area (Å²) >= 11 is 1.51. The van der Waals surface area contributed by atoms with E-state index >= 15 is 0 Å². The second-order valence-corrected chi connectivity index (χ2v) is 6.39. The fraction of sp³-hybridized carbons (Fsp3) is 0.0556. The lowest BCUT2D eigenvalue weighted by Crippen LogP contribution is -2.01. The molecule has 114 valence electrons. The van der Waals surface area contributed by atoms with Crippen molar-refractivity contribution >= 4 is 48.3 Å². The van der Waals surface area contributed by atoms with Gasteiger partial charge in [0.1, 0.15) is 11.5 Å². The van der Waals surface area contributed by atoms with Gasteiger partial charge in [-0.15, -0.1) is 11.3 Å². The highest BCUT2D eigenvalue weighted by molar-refractivity contribution is 7.26. The molecular weight excluding hydrogens is 312 g/mol. The molecule has 5 heteroatoms. The van der Waals surface area contributed by atoms with Gasteiger partial charge in [0, 0.05) is 25.6 Å². The Balaban J connectivity index is 2.25. The number of ether oxygens (including phenoxy) is 1. The fourth-order valence-corrected chi connectivity index (χ4v) is 4.14. The van der Waals surface area contributed by atoms with Crippen LogP contribution in [0.15, 0.2) is 42.5 Å². The van der Waals surface area contributed by atoms with E-state index in [9.17, 15) is 15.0 Å². The zero-order valence-electron chi connectivity index (χ0n) is 12.2. The summed E-state index contributed by atoms with van der Waals surface area (Å²) in [4.78, 5) is 12.1. The van der Waals surface area contributed by atoms with Crippen LogP contribution in [0, 0.1) is 0 Å². The number of aromatic hydroxyl groups is 2. The molecule has 1 aromatic heterocycles. The number of fused-ring (bicyclic) bond motifs is 5. The van der Waals surface area contributed by atoms with Crippen molar-refractivity contribution in [3.63, 3.8) is 0 Å². The lowest BCUT2D eigenvalue weighted by atomic mass is 9.99. The topological polar surface area (TPSA) is 66.8 Å². The van der Waals surface area contributed by atoms with Crippen LogP contribution in [0.1, 0.15) is 10.4 Å². The van der Waals surface area contributed by atoms with Crippen molar-refractivity contribution in [3.8, 4) is 11.5 Å². The minimum absolute atomic E-state index is 0.0965. The number of rotatable bonds is 1. The Labute approximate surface area is 135 Å². The van der Waals surface area contributed by atoms with Gasteiger partial charge < -0.3 is 14.9 Å². The largest absolute Gasteiger partial charge is 0.508 e. The van der Waals surface area contributed by atoms with Crippen LogP contribution in [-0.2, 0) is 4.74 Å². The number of phenolic OH excluding ortho intramolecular Hbond substituents is 2. The summed E-state index contributed by atoms with van der Waals surface area (Å²) in [6, 6.07) is 12.0. The maximum absolute atomic E-state index is 12.1. The summed E-state index contributed by atoms with van der Waals surface area (Å²) in [7, 11) is 1.34. The van der Waals surface area contributed by atoms with Gasteiger partial charge in [-0.1, -0.05) is 6.07 Å². The molecule has 3 aromatic carbocycles. The quantitative estimate of drug-likeness (QED) is 0.509. The van der Waals surface area contributed by atoms with Crippen LogP contribution in [0.5, 0.6) is 11.5 Å². The van der Waals surface area contributed by atoms with Crippen LogP contribution in [0.4, 0.5) is 0 Å². The standard InChI is InChI=1S/C18H12O4S/c1-22-18(21)14-8-16-17(11-4-2-9(19)6-13(11)14)12-5-3-10(20)7-15(12)23-16/h2-8,19-20H,1H3. The Bertz CT molecular complexity index is 1090. The number of thiophene rings is 1. The normalized spacial score (nSPS) is 11.3. The van der Waals surface area contributed by atoms with Crippen molar-refractivity contribution < 1.29 is 19.7 Å². The summed E-state index contributed by atoms with van der Waals surface area (Å²) < 4.78 is 6.75. The minimum Gasteiger partial charge on any atom is -0.508 e. The van der Waals surface area contributed by atoms with Gasteiger partial charge in [-0.3, -0.25) is 0 Å². The first-order chi connectivity index (χ1) is 11.1. The Morgan fingerprint density at radius 2 is 1.61 bits per heavy atom. The van der Waals surface area contributed by atoms with Gasteiger partial charge in [-0.2, -0.15) is 0 Å². The zero-order valence-corrected chi connectivity index (χ0v) is 13.0. The van der Waals surface area contributed by atoms with E-state index in [2.05, 4.69) is 0 Å². The van der Waals surface area contributed by atoms with Crippen LogP contribution in [0.3, 0.4) is 0 Å². The van der Waals surface area contributed by atoms with Gasteiger partial charge >= 0.3 is 5.97 Å². The minimum atomic E-state index is -0.442. The SMILES string of the molecule is COC(=O)c1cc2sc3cc(O)ccc3c2c2ccc(O)cc12. The van der Waals surface area contributed by atoms with E-state index in [4.69, 9.17) is 4.74 Å². The molecule has 0 saturated heterocycles. The Hall–Kier alpha value is -2.79.